The Labute approximate surface area is 108 Å². The predicted molar refractivity (Wildman–Crippen MR) is 69.7 cm³/mol. The largest absolute Gasteiger partial charge is 0.416 e. The highest BCUT2D eigenvalue weighted by Gasteiger charge is 2.31. The molecule has 0 spiro atoms. The van der Waals surface area contributed by atoms with Crippen molar-refractivity contribution >= 4 is 23.4 Å². The third-order valence-electron chi connectivity index (χ3n) is 2.32. The smallest absolute Gasteiger partial charge is 0.384 e. The Bertz CT molecular complexity index is 396. The summed E-state index contributed by atoms with van der Waals surface area (Å²) in [6, 6.07) is 1.86. The zero-order chi connectivity index (χ0) is 13.8. The average Bonchev–Trinajstić information content (AvgIpc) is 2.24. The molecule has 7 heteroatoms. The second kappa shape index (κ2) is 6.17. The van der Waals surface area contributed by atoms with Crippen molar-refractivity contribution in [2.75, 3.05) is 23.1 Å². The maximum Gasteiger partial charge on any atom is 0.416 e. The standard InChI is InChI=1S/C11H16F3N3S/c1-7(3-4-18-2)16-10-6-8(11(12,13)14)5-9(15)17-10/h5-7H,3-4H2,1-2H3,(H3,15,16,17). The van der Waals surface area contributed by atoms with E-state index in [2.05, 4.69) is 10.3 Å². The third kappa shape index (κ3) is 4.64. The molecule has 0 saturated carbocycles. The first kappa shape index (κ1) is 14.9. The number of halogens is 3. The van der Waals surface area contributed by atoms with E-state index in [0.29, 0.717) is 0 Å². The average molecular weight is 279 g/mol. The molecule has 3 nitrogen and oxygen atoms in total. The van der Waals surface area contributed by atoms with E-state index in [1.54, 1.807) is 11.8 Å². The fourth-order valence-corrected chi connectivity index (χ4v) is 2.00. The van der Waals surface area contributed by atoms with Crippen LogP contribution in [0.25, 0.3) is 0 Å². The van der Waals surface area contributed by atoms with Crippen molar-refractivity contribution < 1.29 is 13.2 Å². The maximum absolute atomic E-state index is 12.6. The van der Waals surface area contributed by atoms with Crippen LogP contribution in [0.4, 0.5) is 24.8 Å². The molecule has 1 aromatic rings. The lowest BCUT2D eigenvalue weighted by Crippen LogP contribution is -2.18. The van der Waals surface area contributed by atoms with Crippen molar-refractivity contribution in [3.8, 4) is 0 Å². The highest BCUT2D eigenvalue weighted by atomic mass is 32.2. The van der Waals surface area contributed by atoms with Crippen molar-refractivity contribution in [3.05, 3.63) is 17.7 Å². The first-order chi connectivity index (χ1) is 8.32. The monoisotopic (exact) mass is 279 g/mol. The number of hydrogen-bond acceptors (Lipinski definition) is 4. The molecule has 0 saturated heterocycles. The Balaban J connectivity index is 2.80. The van der Waals surface area contributed by atoms with E-state index in [-0.39, 0.29) is 17.7 Å². The van der Waals surface area contributed by atoms with Gasteiger partial charge >= 0.3 is 6.18 Å². The lowest BCUT2D eigenvalue weighted by atomic mass is 10.2. The lowest BCUT2D eigenvalue weighted by Gasteiger charge is -2.16. The van der Waals surface area contributed by atoms with Crippen LogP contribution in [0.15, 0.2) is 12.1 Å². The van der Waals surface area contributed by atoms with Gasteiger partial charge in [-0.25, -0.2) is 4.98 Å². The van der Waals surface area contributed by atoms with Crippen molar-refractivity contribution in [1.29, 1.82) is 0 Å². The molecular formula is C11H16F3N3S. The Morgan fingerprint density at radius 1 is 1.44 bits per heavy atom. The summed E-state index contributed by atoms with van der Waals surface area (Å²) in [7, 11) is 0. The number of anilines is 2. The second-order valence-electron chi connectivity index (χ2n) is 3.99. The Morgan fingerprint density at radius 3 is 2.67 bits per heavy atom. The summed E-state index contributed by atoms with van der Waals surface area (Å²) in [5.74, 6) is 0.961. The molecule has 0 aliphatic carbocycles. The number of nitrogens with two attached hydrogens (primary N) is 1. The van der Waals surface area contributed by atoms with E-state index >= 15 is 0 Å². The van der Waals surface area contributed by atoms with Gasteiger partial charge in [0.1, 0.15) is 11.6 Å². The molecule has 0 fully saturated rings. The number of thioether (sulfide) groups is 1. The molecule has 0 amide bonds. The van der Waals surface area contributed by atoms with Crippen molar-refractivity contribution in [2.24, 2.45) is 0 Å². The Kier molecular flexibility index (Phi) is 5.13. The van der Waals surface area contributed by atoms with Crippen molar-refractivity contribution in [2.45, 2.75) is 25.6 Å². The highest BCUT2D eigenvalue weighted by molar-refractivity contribution is 7.98. The van der Waals surface area contributed by atoms with Crippen LogP contribution < -0.4 is 11.1 Å². The number of nitrogen functional groups attached to an aromatic ring is 1. The summed E-state index contributed by atoms with van der Waals surface area (Å²) >= 11 is 1.69. The van der Waals surface area contributed by atoms with Gasteiger partial charge in [-0.2, -0.15) is 24.9 Å². The molecule has 0 bridgehead atoms. The zero-order valence-electron chi connectivity index (χ0n) is 10.2. The van der Waals surface area contributed by atoms with Crippen LogP contribution in [0.2, 0.25) is 0 Å². The molecule has 3 N–H and O–H groups in total. The van der Waals surface area contributed by atoms with Crippen LogP contribution in [0.5, 0.6) is 0 Å². The summed E-state index contributed by atoms with van der Waals surface area (Å²) < 4.78 is 37.7. The van der Waals surface area contributed by atoms with Crippen LogP contribution in [-0.4, -0.2) is 23.0 Å². The summed E-state index contributed by atoms with van der Waals surface area (Å²) in [6.45, 7) is 1.90. The van der Waals surface area contributed by atoms with Gasteiger partial charge < -0.3 is 11.1 Å². The molecule has 1 heterocycles. The van der Waals surface area contributed by atoms with Gasteiger partial charge in [-0.05, 0) is 37.5 Å². The molecule has 1 unspecified atom stereocenters. The minimum Gasteiger partial charge on any atom is -0.384 e. The van der Waals surface area contributed by atoms with E-state index in [0.717, 1.165) is 24.3 Å². The summed E-state index contributed by atoms with van der Waals surface area (Å²) in [4.78, 5) is 3.86. The molecule has 18 heavy (non-hydrogen) atoms. The first-order valence-corrected chi connectivity index (χ1v) is 6.82. The molecule has 102 valence electrons. The topological polar surface area (TPSA) is 50.9 Å². The molecule has 0 aromatic carbocycles. The van der Waals surface area contributed by atoms with Gasteiger partial charge in [0, 0.05) is 6.04 Å². The molecule has 1 aromatic heterocycles. The summed E-state index contributed by atoms with van der Waals surface area (Å²) in [6.07, 6.45) is -1.58. The van der Waals surface area contributed by atoms with Crippen LogP contribution in [-0.2, 0) is 6.18 Å². The molecule has 1 rings (SSSR count). The minimum atomic E-state index is -4.41. The normalized spacial score (nSPS) is 13.4. The van der Waals surface area contributed by atoms with Crippen molar-refractivity contribution in [1.82, 2.24) is 4.98 Å². The number of pyridine rings is 1. The van der Waals surface area contributed by atoms with Crippen LogP contribution >= 0.6 is 11.8 Å². The van der Waals surface area contributed by atoms with E-state index in [4.69, 9.17) is 5.73 Å². The molecular weight excluding hydrogens is 263 g/mol. The Hall–Kier alpha value is -1.11. The number of nitrogens with zero attached hydrogens (tertiary/aromatic N) is 1. The summed E-state index contributed by atoms with van der Waals surface area (Å²) in [5, 5.41) is 2.93. The zero-order valence-corrected chi connectivity index (χ0v) is 11.0. The predicted octanol–water partition coefficient (Wildman–Crippen LogP) is 3.24. The van der Waals surface area contributed by atoms with E-state index in [1.165, 1.54) is 0 Å². The number of nitrogens with one attached hydrogen (secondary N) is 1. The lowest BCUT2D eigenvalue weighted by molar-refractivity contribution is -0.137. The first-order valence-electron chi connectivity index (χ1n) is 5.43. The maximum atomic E-state index is 12.6. The minimum absolute atomic E-state index is 0.0489. The molecule has 0 aliphatic rings. The number of hydrogen-bond donors (Lipinski definition) is 2. The quantitative estimate of drug-likeness (QED) is 0.868. The van der Waals surface area contributed by atoms with E-state index in [1.807, 2.05) is 13.2 Å². The highest BCUT2D eigenvalue weighted by Crippen LogP contribution is 2.31. The van der Waals surface area contributed by atoms with Gasteiger partial charge in [-0.1, -0.05) is 0 Å². The molecule has 1 atom stereocenters. The van der Waals surface area contributed by atoms with Gasteiger partial charge in [0.05, 0.1) is 5.56 Å². The van der Waals surface area contributed by atoms with Gasteiger partial charge in [-0.15, -0.1) is 0 Å². The van der Waals surface area contributed by atoms with Gasteiger partial charge in [0.2, 0.25) is 0 Å². The van der Waals surface area contributed by atoms with Crippen molar-refractivity contribution in [3.63, 3.8) is 0 Å². The van der Waals surface area contributed by atoms with Crippen LogP contribution in [0, 0.1) is 0 Å². The molecule has 0 aliphatic heterocycles. The number of alkyl halides is 3. The third-order valence-corrected chi connectivity index (χ3v) is 2.97. The van der Waals surface area contributed by atoms with E-state index < -0.39 is 11.7 Å². The number of aromatic nitrogens is 1. The fraction of sp³-hybridized carbons (Fsp3) is 0.545. The molecule has 0 radical (unpaired) electrons. The van der Waals surface area contributed by atoms with E-state index in [9.17, 15) is 13.2 Å². The van der Waals surface area contributed by atoms with Crippen LogP contribution in [0.3, 0.4) is 0 Å². The van der Waals surface area contributed by atoms with Gasteiger partial charge in [-0.3, -0.25) is 0 Å². The Morgan fingerprint density at radius 2 is 2.11 bits per heavy atom. The SMILES string of the molecule is CSCCC(C)Nc1cc(C(F)(F)F)cc(N)n1. The second-order valence-corrected chi connectivity index (χ2v) is 4.98. The van der Waals surface area contributed by atoms with Gasteiger partial charge in [0.25, 0.3) is 0 Å². The van der Waals surface area contributed by atoms with Gasteiger partial charge in [0.15, 0.2) is 0 Å². The van der Waals surface area contributed by atoms with Crippen LogP contribution in [0.1, 0.15) is 18.9 Å². The fourth-order valence-electron chi connectivity index (χ4n) is 1.41. The number of rotatable bonds is 5. The summed E-state index contributed by atoms with van der Waals surface area (Å²) in [5.41, 5.74) is 4.59.